The van der Waals surface area contributed by atoms with Crippen molar-refractivity contribution in [1.82, 2.24) is 14.8 Å². The highest BCUT2D eigenvalue weighted by molar-refractivity contribution is 7.99. The second-order valence-corrected chi connectivity index (χ2v) is 8.76. The number of thioether (sulfide) groups is 1. The van der Waals surface area contributed by atoms with E-state index in [2.05, 4.69) is 32.3 Å². The lowest BCUT2D eigenvalue weighted by molar-refractivity contribution is 0.0953. The van der Waals surface area contributed by atoms with Crippen LogP contribution in [0.15, 0.2) is 46.9 Å². The van der Waals surface area contributed by atoms with Crippen molar-refractivity contribution in [3.05, 3.63) is 41.8 Å². The molecule has 0 spiro atoms. The van der Waals surface area contributed by atoms with Crippen LogP contribution in [-0.4, -0.2) is 46.9 Å². The maximum atomic E-state index is 5.85. The minimum Gasteiger partial charge on any atom is -0.497 e. The van der Waals surface area contributed by atoms with Crippen molar-refractivity contribution in [2.24, 2.45) is 0 Å². The molecule has 0 amide bonds. The molecule has 0 radical (unpaired) electrons. The van der Waals surface area contributed by atoms with E-state index in [0.717, 1.165) is 65.5 Å². The monoisotopic (exact) mass is 431 g/mol. The van der Waals surface area contributed by atoms with E-state index < -0.39 is 0 Å². The lowest BCUT2D eigenvalue weighted by atomic mass is 10.2. The molecule has 1 aliphatic heterocycles. The van der Waals surface area contributed by atoms with E-state index in [1.165, 1.54) is 0 Å². The van der Waals surface area contributed by atoms with Gasteiger partial charge in [-0.25, -0.2) is 0 Å². The van der Waals surface area contributed by atoms with E-state index in [-0.39, 0.29) is 6.10 Å². The van der Waals surface area contributed by atoms with Crippen molar-refractivity contribution >= 4 is 23.1 Å². The number of thiophene rings is 1. The average molecular weight is 432 g/mol. The van der Waals surface area contributed by atoms with E-state index in [9.17, 15) is 0 Å². The number of ether oxygens (including phenoxy) is 3. The van der Waals surface area contributed by atoms with Gasteiger partial charge in [-0.3, -0.25) is 4.57 Å². The lowest BCUT2D eigenvalue weighted by Gasteiger charge is -2.14. The van der Waals surface area contributed by atoms with E-state index in [4.69, 9.17) is 14.2 Å². The smallest absolute Gasteiger partial charge is 0.191 e. The molecular formula is C21H25N3O3S2. The van der Waals surface area contributed by atoms with Crippen LogP contribution in [0.4, 0.5) is 0 Å². The average Bonchev–Trinajstić information content (AvgIpc) is 3.51. The Labute approximate surface area is 179 Å². The Hall–Kier alpha value is -2.03. The molecule has 29 heavy (non-hydrogen) atoms. The number of aromatic nitrogens is 3. The van der Waals surface area contributed by atoms with Crippen LogP contribution in [0.1, 0.15) is 19.3 Å². The molecule has 0 saturated carbocycles. The molecule has 1 aromatic carbocycles. The molecule has 0 bridgehead atoms. The molecule has 1 saturated heterocycles. The predicted molar refractivity (Wildman–Crippen MR) is 116 cm³/mol. The Morgan fingerprint density at radius 2 is 2.07 bits per heavy atom. The first-order chi connectivity index (χ1) is 14.3. The zero-order valence-corrected chi connectivity index (χ0v) is 18.1. The highest BCUT2D eigenvalue weighted by Gasteiger charge is 2.22. The molecule has 2 aromatic heterocycles. The van der Waals surface area contributed by atoms with Crippen molar-refractivity contribution < 1.29 is 14.2 Å². The summed E-state index contributed by atoms with van der Waals surface area (Å²) >= 11 is 3.42. The topological polar surface area (TPSA) is 58.4 Å². The molecule has 1 unspecified atom stereocenters. The van der Waals surface area contributed by atoms with Gasteiger partial charge in [0.1, 0.15) is 11.5 Å². The third-order valence-corrected chi connectivity index (χ3v) is 6.64. The first kappa shape index (κ1) is 20.3. The number of rotatable bonds is 10. The van der Waals surface area contributed by atoms with Gasteiger partial charge in [-0.1, -0.05) is 17.8 Å². The maximum absolute atomic E-state index is 5.85. The number of hydrogen-bond acceptors (Lipinski definition) is 7. The number of methoxy groups -OCH3 is 1. The van der Waals surface area contributed by atoms with Crippen LogP contribution in [-0.2, 0) is 11.3 Å². The van der Waals surface area contributed by atoms with E-state index >= 15 is 0 Å². The summed E-state index contributed by atoms with van der Waals surface area (Å²) in [6.07, 6.45) is 3.41. The minimum atomic E-state index is 0.252. The van der Waals surface area contributed by atoms with Crippen molar-refractivity contribution in [3.63, 3.8) is 0 Å². The molecule has 0 aliphatic carbocycles. The summed E-state index contributed by atoms with van der Waals surface area (Å²) in [5.74, 6) is 3.55. The summed E-state index contributed by atoms with van der Waals surface area (Å²) in [4.78, 5) is 1.14. The summed E-state index contributed by atoms with van der Waals surface area (Å²) in [6.45, 7) is 2.33. The van der Waals surface area contributed by atoms with E-state index in [1.54, 1.807) is 30.2 Å². The van der Waals surface area contributed by atoms with Crippen LogP contribution in [0.5, 0.6) is 11.5 Å². The molecule has 1 aliphatic rings. The Morgan fingerprint density at radius 1 is 1.21 bits per heavy atom. The molecule has 8 heteroatoms. The third kappa shape index (κ3) is 5.32. The second-order valence-electron chi connectivity index (χ2n) is 6.76. The highest BCUT2D eigenvalue weighted by Crippen LogP contribution is 2.29. The summed E-state index contributed by atoms with van der Waals surface area (Å²) < 4.78 is 19.1. The summed E-state index contributed by atoms with van der Waals surface area (Å²) in [7, 11) is 1.66. The predicted octanol–water partition coefficient (Wildman–Crippen LogP) is 4.76. The van der Waals surface area contributed by atoms with Crippen LogP contribution in [0.2, 0.25) is 0 Å². The first-order valence-corrected chi connectivity index (χ1v) is 11.7. The molecule has 6 nitrogen and oxygen atoms in total. The van der Waals surface area contributed by atoms with E-state index in [1.807, 2.05) is 24.3 Å². The lowest BCUT2D eigenvalue weighted by Crippen LogP contribution is -2.16. The summed E-state index contributed by atoms with van der Waals surface area (Å²) in [5, 5.41) is 12.0. The minimum absolute atomic E-state index is 0.252. The van der Waals surface area contributed by atoms with Gasteiger partial charge in [0, 0.05) is 12.4 Å². The Balaban J connectivity index is 1.32. The zero-order valence-electron chi connectivity index (χ0n) is 16.5. The van der Waals surface area contributed by atoms with Crippen molar-refractivity contribution in [2.45, 2.75) is 37.1 Å². The SMILES string of the molecule is COc1ccc(OCCCSc2nnc(-c3cccs3)n2CC2CCCO2)cc1. The van der Waals surface area contributed by atoms with Gasteiger partial charge in [-0.15, -0.1) is 21.5 Å². The molecule has 0 N–H and O–H groups in total. The van der Waals surface area contributed by atoms with Crippen LogP contribution in [0, 0.1) is 0 Å². The second kappa shape index (κ2) is 10.1. The molecular weight excluding hydrogens is 406 g/mol. The standard InChI is InChI=1S/C21H25N3O3S2/c1-25-16-7-9-17(10-8-16)26-12-4-14-29-21-23-22-20(19-6-3-13-28-19)24(21)15-18-5-2-11-27-18/h3,6-10,13,18H,2,4-5,11-12,14-15H2,1H3. The Morgan fingerprint density at radius 3 is 2.79 bits per heavy atom. The molecule has 1 atom stereocenters. The Bertz CT molecular complexity index is 875. The first-order valence-electron chi connectivity index (χ1n) is 9.82. The summed E-state index contributed by atoms with van der Waals surface area (Å²) in [6, 6.07) is 11.8. The maximum Gasteiger partial charge on any atom is 0.191 e. The van der Waals surface area contributed by atoms with Crippen LogP contribution in [0.3, 0.4) is 0 Å². The van der Waals surface area contributed by atoms with E-state index in [0.29, 0.717) is 6.61 Å². The zero-order chi connectivity index (χ0) is 19.9. The van der Waals surface area contributed by atoms with Crippen LogP contribution >= 0.6 is 23.1 Å². The van der Waals surface area contributed by atoms with Crippen LogP contribution in [0.25, 0.3) is 10.7 Å². The van der Waals surface area contributed by atoms with Crippen molar-refractivity contribution in [2.75, 3.05) is 26.1 Å². The summed E-state index contributed by atoms with van der Waals surface area (Å²) in [5.41, 5.74) is 0. The molecule has 3 heterocycles. The molecule has 1 fully saturated rings. The van der Waals surface area contributed by atoms with Gasteiger partial charge in [-0.2, -0.15) is 0 Å². The fourth-order valence-electron chi connectivity index (χ4n) is 3.22. The fourth-order valence-corrected chi connectivity index (χ4v) is 4.80. The Kier molecular flexibility index (Phi) is 7.08. The molecule has 3 aromatic rings. The molecule has 154 valence electrons. The van der Waals surface area contributed by atoms with Crippen molar-refractivity contribution in [1.29, 1.82) is 0 Å². The third-order valence-electron chi connectivity index (χ3n) is 4.72. The van der Waals surface area contributed by atoms with Gasteiger partial charge in [0.25, 0.3) is 0 Å². The highest BCUT2D eigenvalue weighted by atomic mass is 32.2. The molecule has 4 rings (SSSR count). The van der Waals surface area contributed by atoms with Gasteiger partial charge in [0.15, 0.2) is 11.0 Å². The van der Waals surface area contributed by atoms with Gasteiger partial charge in [0.05, 0.1) is 31.2 Å². The number of hydrogen-bond donors (Lipinski definition) is 0. The van der Waals surface area contributed by atoms with Gasteiger partial charge >= 0.3 is 0 Å². The quantitative estimate of drug-likeness (QED) is 0.341. The van der Waals surface area contributed by atoms with Gasteiger partial charge < -0.3 is 14.2 Å². The number of benzene rings is 1. The largest absolute Gasteiger partial charge is 0.497 e. The van der Waals surface area contributed by atoms with Crippen LogP contribution < -0.4 is 9.47 Å². The van der Waals surface area contributed by atoms with Crippen molar-refractivity contribution in [3.8, 4) is 22.2 Å². The normalized spacial score (nSPS) is 16.2. The number of nitrogens with zero attached hydrogens (tertiary/aromatic N) is 3. The van der Waals surface area contributed by atoms with Gasteiger partial charge in [-0.05, 0) is 55.0 Å². The fraction of sp³-hybridized carbons (Fsp3) is 0.429. The van der Waals surface area contributed by atoms with Gasteiger partial charge in [0.2, 0.25) is 0 Å².